The quantitative estimate of drug-likeness (QED) is 0.846. The molecule has 0 aromatic heterocycles. The van der Waals surface area contributed by atoms with E-state index < -0.39 is 5.97 Å². The van der Waals surface area contributed by atoms with Gasteiger partial charge in [0.05, 0.1) is 6.42 Å². The first-order valence-electron chi connectivity index (χ1n) is 6.15. The standard InChI is InChI=1S/C16H14O4/c1-11(17)12-6-8-14(9-7-12)20-15-5-3-2-4-13(15)10-16(18)19/h2-9H,10H2,1H3,(H,18,19). The molecular weight excluding hydrogens is 256 g/mol. The van der Waals surface area contributed by atoms with Gasteiger partial charge in [0.2, 0.25) is 0 Å². The molecule has 0 fully saturated rings. The van der Waals surface area contributed by atoms with E-state index in [9.17, 15) is 9.59 Å². The molecule has 0 unspecified atom stereocenters. The van der Waals surface area contributed by atoms with Crippen molar-refractivity contribution in [1.29, 1.82) is 0 Å². The van der Waals surface area contributed by atoms with E-state index >= 15 is 0 Å². The zero-order valence-corrected chi connectivity index (χ0v) is 11.0. The number of hydrogen-bond donors (Lipinski definition) is 1. The number of aliphatic carboxylic acids is 1. The Balaban J connectivity index is 2.21. The maximum Gasteiger partial charge on any atom is 0.307 e. The summed E-state index contributed by atoms with van der Waals surface area (Å²) in [6, 6.07) is 13.7. The van der Waals surface area contributed by atoms with Crippen LogP contribution in [-0.4, -0.2) is 16.9 Å². The first-order valence-corrected chi connectivity index (χ1v) is 6.15. The van der Waals surface area contributed by atoms with Crippen molar-refractivity contribution in [3.8, 4) is 11.5 Å². The average Bonchev–Trinajstić information content (AvgIpc) is 2.41. The summed E-state index contributed by atoms with van der Waals surface area (Å²) in [5, 5.41) is 8.86. The lowest BCUT2D eigenvalue weighted by molar-refractivity contribution is -0.136. The summed E-state index contributed by atoms with van der Waals surface area (Å²) in [5.41, 5.74) is 1.21. The van der Waals surface area contributed by atoms with E-state index in [-0.39, 0.29) is 12.2 Å². The Morgan fingerprint density at radius 1 is 1.05 bits per heavy atom. The molecule has 2 rings (SSSR count). The summed E-state index contributed by atoms with van der Waals surface area (Å²) in [5.74, 6) is 0.147. The number of carbonyl (C=O) groups is 2. The Morgan fingerprint density at radius 2 is 1.70 bits per heavy atom. The van der Waals surface area contributed by atoms with E-state index in [4.69, 9.17) is 9.84 Å². The molecule has 2 aromatic rings. The van der Waals surface area contributed by atoms with Crippen LogP contribution < -0.4 is 4.74 Å². The Kier molecular flexibility index (Phi) is 4.15. The summed E-state index contributed by atoms with van der Waals surface area (Å²) in [6.07, 6.45) is -0.0955. The molecule has 4 nitrogen and oxygen atoms in total. The highest BCUT2D eigenvalue weighted by molar-refractivity contribution is 5.94. The highest BCUT2D eigenvalue weighted by Crippen LogP contribution is 2.26. The number of benzene rings is 2. The van der Waals surface area contributed by atoms with Crippen LogP contribution in [0.2, 0.25) is 0 Å². The molecule has 102 valence electrons. The van der Waals surface area contributed by atoms with Gasteiger partial charge < -0.3 is 9.84 Å². The van der Waals surface area contributed by atoms with Crippen LogP contribution in [0.15, 0.2) is 48.5 Å². The van der Waals surface area contributed by atoms with Crippen LogP contribution in [0.25, 0.3) is 0 Å². The molecule has 0 aliphatic rings. The lowest BCUT2D eigenvalue weighted by atomic mass is 10.1. The summed E-state index contributed by atoms with van der Waals surface area (Å²) >= 11 is 0. The summed E-state index contributed by atoms with van der Waals surface area (Å²) in [4.78, 5) is 22.0. The van der Waals surface area contributed by atoms with Gasteiger partial charge in [-0.3, -0.25) is 9.59 Å². The zero-order valence-electron chi connectivity index (χ0n) is 11.0. The zero-order chi connectivity index (χ0) is 14.5. The largest absolute Gasteiger partial charge is 0.481 e. The van der Waals surface area contributed by atoms with Crippen molar-refractivity contribution >= 4 is 11.8 Å². The van der Waals surface area contributed by atoms with Crippen LogP contribution in [0.5, 0.6) is 11.5 Å². The van der Waals surface area contributed by atoms with Crippen LogP contribution in [0.1, 0.15) is 22.8 Å². The molecule has 0 amide bonds. The molecular formula is C16H14O4. The molecule has 0 radical (unpaired) electrons. The maximum absolute atomic E-state index is 11.2. The lowest BCUT2D eigenvalue weighted by Crippen LogP contribution is -2.01. The SMILES string of the molecule is CC(=O)c1ccc(Oc2ccccc2CC(=O)O)cc1. The predicted molar refractivity (Wildman–Crippen MR) is 74.3 cm³/mol. The molecule has 0 bridgehead atoms. The van der Waals surface area contributed by atoms with Crippen molar-refractivity contribution in [1.82, 2.24) is 0 Å². The number of ketones is 1. The minimum absolute atomic E-state index is 0.0113. The number of carboxylic acids is 1. The summed E-state index contributed by atoms with van der Waals surface area (Å²) in [7, 11) is 0. The highest BCUT2D eigenvalue weighted by Gasteiger charge is 2.08. The average molecular weight is 270 g/mol. The molecule has 0 aliphatic heterocycles. The van der Waals surface area contributed by atoms with Crippen LogP contribution >= 0.6 is 0 Å². The van der Waals surface area contributed by atoms with E-state index in [1.165, 1.54) is 6.92 Å². The normalized spacial score (nSPS) is 10.1. The molecule has 20 heavy (non-hydrogen) atoms. The Labute approximate surface area is 116 Å². The second kappa shape index (κ2) is 6.02. The molecule has 0 saturated carbocycles. The van der Waals surface area contributed by atoms with Crippen LogP contribution in [0.4, 0.5) is 0 Å². The predicted octanol–water partition coefficient (Wildman–Crippen LogP) is 3.31. The van der Waals surface area contributed by atoms with E-state index in [2.05, 4.69) is 0 Å². The first-order chi connectivity index (χ1) is 9.56. The van der Waals surface area contributed by atoms with Crippen LogP contribution in [0, 0.1) is 0 Å². The van der Waals surface area contributed by atoms with Gasteiger partial charge in [0.25, 0.3) is 0 Å². The van der Waals surface area contributed by atoms with E-state index in [1.807, 2.05) is 0 Å². The van der Waals surface area contributed by atoms with Gasteiger partial charge in [0, 0.05) is 11.1 Å². The minimum Gasteiger partial charge on any atom is -0.481 e. The topological polar surface area (TPSA) is 63.6 Å². The molecule has 0 saturated heterocycles. The second-order valence-corrected chi connectivity index (χ2v) is 4.36. The fourth-order valence-corrected chi connectivity index (χ4v) is 1.80. The van der Waals surface area contributed by atoms with Gasteiger partial charge in [-0.25, -0.2) is 0 Å². The lowest BCUT2D eigenvalue weighted by Gasteiger charge is -2.10. The van der Waals surface area contributed by atoms with Crippen LogP contribution in [-0.2, 0) is 11.2 Å². The molecule has 0 heterocycles. The third-order valence-electron chi connectivity index (χ3n) is 2.80. The fourth-order valence-electron chi connectivity index (χ4n) is 1.80. The third kappa shape index (κ3) is 3.45. The molecule has 2 aromatic carbocycles. The number of para-hydroxylation sites is 1. The van der Waals surface area contributed by atoms with E-state index in [1.54, 1.807) is 48.5 Å². The smallest absolute Gasteiger partial charge is 0.307 e. The number of Topliss-reactive ketones (excluding diaryl/α,β-unsaturated/α-hetero) is 1. The van der Waals surface area contributed by atoms with Gasteiger partial charge in [-0.1, -0.05) is 18.2 Å². The Hall–Kier alpha value is -2.62. The van der Waals surface area contributed by atoms with Gasteiger partial charge >= 0.3 is 5.97 Å². The monoisotopic (exact) mass is 270 g/mol. The van der Waals surface area contributed by atoms with Crippen LogP contribution in [0.3, 0.4) is 0 Å². The van der Waals surface area contributed by atoms with Crippen molar-refractivity contribution in [2.75, 3.05) is 0 Å². The molecule has 1 N–H and O–H groups in total. The van der Waals surface area contributed by atoms with E-state index in [0.717, 1.165) is 0 Å². The summed E-state index contributed by atoms with van der Waals surface area (Å²) in [6.45, 7) is 1.50. The molecule has 4 heteroatoms. The van der Waals surface area contributed by atoms with Crippen molar-refractivity contribution in [2.24, 2.45) is 0 Å². The van der Waals surface area contributed by atoms with Crippen molar-refractivity contribution in [3.63, 3.8) is 0 Å². The number of rotatable bonds is 5. The van der Waals surface area contributed by atoms with Gasteiger partial charge in [-0.05, 0) is 37.3 Å². The number of carbonyl (C=O) groups excluding carboxylic acids is 1. The molecule has 0 spiro atoms. The van der Waals surface area contributed by atoms with Crippen molar-refractivity contribution < 1.29 is 19.4 Å². The number of carboxylic acid groups (broad SMARTS) is 1. The molecule has 0 atom stereocenters. The number of hydrogen-bond acceptors (Lipinski definition) is 3. The second-order valence-electron chi connectivity index (χ2n) is 4.36. The van der Waals surface area contributed by atoms with Crippen molar-refractivity contribution in [3.05, 3.63) is 59.7 Å². The molecule has 0 aliphatic carbocycles. The highest BCUT2D eigenvalue weighted by atomic mass is 16.5. The fraction of sp³-hybridized carbons (Fsp3) is 0.125. The third-order valence-corrected chi connectivity index (χ3v) is 2.80. The maximum atomic E-state index is 11.2. The van der Waals surface area contributed by atoms with Gasteiger partial charge in [-0.2, -0.15) is 0 Å². The Bertz CT molecular complexity index is 629. The Morgan fingerprint density at radius 3 is 2.30 bits per heavy atom. The van der Waals surface area contributed by atoms with Crippen molar-refractivity contribution in [2.45, 2.75) is 13.3 Å². The first kappa shape index (κ1) is 13.8. The van der Waals surface area contributed by atoms with Gasteiger partial charge in [0.1, 0.15) is 11.5 Å². The number of ether oxygens (including phenoxy) is 1. The summed E-state index contributed by atoms with van der Waals surface area (Å²) < 4.78 is 5.67. The van der Waals surface area contributed by atoms with E-state index in [0.29, 0.717) is 22.6 Å². The van der Waals surface area contributed by atoms with Gasteiger partial charge in [0.15, 0.2) is 5.78 Å². The van der Waals surface area contributed by atoms with Gasteiger partial charge in [-0.15, -0.1) is 0 Å². The minimum atomic E-state index is -0.909.